The lowest BCUT2D eigenvalue weighted by molar-refractivity contribution is -0.827. The van der Waals surface area contributed by atoms with Crippen molar-refractivity contribution in [2.24, 2.45) is 10.9 Å². The summed E-state index contributed by atoms with van der Waals surface area (Å²) in [6, 6.07) is 8.20. The zero-order valence-electron chi connectivity index (χ0n) is 21.2. The van der Waals surface area contributed by atoms with Gasteiger partial charge in [-0.15, -0.1) is 0 Å². The molecule has 1 amide bonds. The van der Waals surface area contributed by atoms with E-state index in [4.69, 9.17) is 0 Å². The second kappa shape index (κ2) is 9.97. The zero-order chi connectivity index (χ0) is 28.9. The van der Waals surface area contributed by atoms with Gasteiger partial charge in [0.1, 0.15) is 6.54 Å². The monoisotopic (exact) mass is 560 g/mol. The Morgan fingerprint density at radius 2 is 1.62 bits per heavy atom. The predicted octanol–water partition coefficient (Wildman–Crippen LogP) is 5.61. The third-order valence-electron chi connectivity index (χ3n) is 7.39. The van der Waals surface area contributed by atoms with Gasteiger partial charge in [-0.2, -0.15) is 26.3 Å². The van der Waals surface area contributed by atoms with Gasteiger partial charge in [0.25, 0.3) is 0 Å². The lowest BCUT2D eigenvalue weighted by atomic mass is 9.83. The summed E-state index contributed by atoms with van der Waals surface area (Å²) in [4.78, 5) is 32.4. The number of rotatable bonds is 3. The minimum absolute atomic E-state index is 0.0463. The smallest absolute Gasteiger partial charge is 0.312 e. The van der Waals surface area contributed by atoms with E-state index in [9.17, 15) is 35.9 Å². The number of benzene rings is 2. The van der Waals surface area contributed by atoms with Crippen LogP contribution < -0.4 is 5.32 Å². The van der Waals surface area contributed by atoms with E-state index in [1.807, 2.05) is 6.92 Å². The molecule has 3 heterocycles. The SMILES string of the molecule is Cc1ccc(/C2=C/C=N\C=C3\C(=O)C4=CCNCC4C[N+]3(Cc3cc(C(F)(F)F)cc(C(F)(F)F)c3)C2=O)cc1. The number of piperidine rings is 1. The molecule has 2 aromatic rings. The Morgan fingerprint density at radius 3 is 2.25 bits per heavy atom. The fraction of sp³-hybridized carbons (Fsp3) is 0.276. The molecule has 5 rings (SSSR count). The number of carbonyl (C=O) groups excluding carboxylic acids is 2. The second-order valence-corrected chi connectivity index (χ2v) is 10.1. The number of halogens is 6. The van der Waals surface area contributed by atoms with Crippen molar-refractivity contribution in [3.8, 4) is 0 Å². The summed E-state index contributed by atoms with van der Waals surface area (Å²) in [6.07, 6.45) is -4.44. The van der Waals surface area contributed by atoms with Gasteiger partial charge in [-0.3, -0.25) is 9.79 Å². The van der Waals surface area contributed by atoms with Crippen LogP contribution in [0.15, 0.2) is 77.1 Å². The van der Waals surface area contributed by atoms with E-state index in [2.05, 4.69) is 10.3 Å². The number of allylic oxidation sites excluding steroid dienone is 2. The van der Waals surface area contributed by atoms with E-state index in [0.717, 1.165) is 5.56 Å². The van der Waals surface area contributed by atoms with Crippen molar-refractivity contribution >= 4 is 23.5 Å². The minimum atomic E-state index is -5.06. The molecule has 1 N–H and O–H groups in total. The first-order chi connectivity index (χ1) is 18.8. The summed E-state index contributed by atoms with van der Waals surface area (Å²) in [6.45, 7) is 1.94. The Morgan fingerprint density at radius 1 is 0.975 bits per heavy atom. The zero-order valence-corrected chi connectivity index (χ0v) is 21.2. The van der Waals surface area contributed by atoms with Crippen LogP contribution in [0.25, 0.3) is 5.57 Å². The first kappa shape index (κ1) is 27.7. The molecule has 2 aromatic carbocycles. The van der Waals surface area contributed by atoms with Gasteiger partial charge in [0.2, 0.25) is 11.5 Å². The molecule has 1 fully saturated rings. The van der Waals surface area contributed by atoms with Gasteiger partial charge in [0, 0.05) is 30.4 Å². The fourth-order valence-electron chi connectivity index (χ4n) is 5.47. The number of ketones is 1. The molecule has 3 aliphatic rings. The number of nitrogens with zero attached hydrogens (tertiary/aromatic N) is 2. The molecular formula is C29H24F6N3O2+. The molecule has 0 aliphatic carbocycles. The number of quaternary nitrogens is 1. The molecule has 0 bridgehead atoms. The van der Waals surface area contributed by atoms with Gasteiger partial charge in [0.15, 0.2) is 0 Å². The third kappa shape index (κ3) is 5.06. The summed E-state index contributed by atoms with van der Waals surface area (Å²) in [5.41, 5.74) is -1.47. The van der Waals surface area contributed by atoms with Crippen LogP contribution in [0.4, 0.5) is 26.3 Å². The first-order valence-corrected chi connectivity index (χ1v) is 12.5. The fourth-order valence-corrected chi connectivity index (χ4v) is 5.47. The number of nitrogens with one attached hydrogen (secondary N) is 1. The summed E-state index contributed by atoms with van der Waals surface area (Å²) >= 11 is 0. The molecule has 3 aliphatic heterocycles. The molecule has 2 unspecified atom stereocenters. The van der Waals surface area contributed by atoms with Gasteiger partial charge in [-0.05, 0) is 36.8 Å². The van der Waals surface area contributed by atoms with Crippen LogP contribution in [0.2, 0.25) is 0 Å². The van der Waals surface area contributed by atoms with Crippen molar-refractivity contribution in [3.63, 3.8) is 0 Å². The Balaban J connectivity index is 1.72. The van der Waals surface area contributed by atoms with E-state index in [1.165, 1.54) is 18.5 Å². The van der Waals surface area contributed by atoms with Crippen LogP contribution in [0, 0.1) is 12.8 Å². The molecule has 0 radical (unpaired) electrons. The molecule has 40 heavy (non-hydrogen) atoms. The lowest BCUT2D eigenvalue weighted by Crippen LogP contribution is -2.61. The highest BCUT2D eigenvalue weighted by Gasteiger charge is 2.54. The van der Waals surface area contributed by atoms with Gasteiger partial charge in [-0.1, -0.05) is 35.9 Å². The lowest BCUT2D eigenvalue weighted by Gasteiger charge is -2.44. The van der Waals surface area contributed by atoms with E-state index < -0.39 is 52.1 Å². The number of amides is 1. The Bertz CT molecular complexity index is 1470. The molecule has 0 spiro atoms. The Hall–Kier alpha value is -3.83. The molecule has 2 atom stereocenters. The van der Waals surface area contributed by atoms with Crippen LogP contribution in [0.3, 0.4) is 0 Å². The average molecular weight is 561 g/mol. The van der Waals surface area contributed by atoms with Crippen LogP contribution in [-0.4, -0.2) is 42.0 Å². The van der Waals surface area contributed by atoms with Crippen molar-refractivity contribution in [2.45, 2.75) is 25.8 Å². The van der Waals surface area contributed by atoms with Crippen LogP contribution >= 0.6 is 0 Å². The molecule has 5 nitrogen and oxygen atoms in total. The maximum atomic E-state index is 14.5. The number of Topliss-reactive ketones (excluding diaryl/α,β-unsaturated/α-hetero) is 1. The topological polar surface area (TPSA) is 58.5 Å². The third-order valence-corrected chi connectivity index (χ3v) is 7.39. The van der Waals surface area contributed by atoms with Gasteiger partial charge in [-0.25, -0.2) is 9.28 Å². The van der Waals surface area contributed by atoms with Gasteiger partial charge >= 0.3 is 18.3 Å². The molecule has 208 valence electrons. The van der Waals surface area contributed by atoms with E-state index in [0.29, 0.717) is 36.4 Å². The Kier molecular flexibility index (Phi) is 6.91. The average Bonchev–Trinajstić information content (AvgIpc) is 2.88. The molecule has 0 aromatic heterocycles. The highest BCUT2D eigenvalue weighted by atomic mass is 19.4. The number of alkyl halides is 6. The number of hydrogen-bond donors (Lipinski definition) is 1. The van der Waals surface area contributed by atoms with Crippen molar-refractivity contribution in [1.29, 1.82) is 0 Å². The maximum Gasteiger partial charge on any atom is 0.416 e. The first-order valence-electron chi connectivity index (χ1n) is 12.5. The van der Waals surface area contributed by atoms with Gasteiger partial charge < -0.3 is 5.32 Å². The highest BCUT2D eigenvalue weighted by Crippen LogP contribution is 2.42. The van der Waals surface area contributed by atoms with Crippen molar-refractivity contribution in [3.05, 3.63) is 99.9 Å². The van der Waals surface area contributed by atoms with Crippen LogP contribution in [0.5, 0.6) is 0 Å². The number of aliphatic imine (C=N–C) groups is 1. The van der Waals surface area contributed by atoms with Gasteiger partial charge in [0.05, 0.1) is 35.4 Å². The highest BCUT2D eigenvalue weighted by molar-refractivity contribution is 6.21. The molecule has 11 heteroatoms. The van der Waals surface area contributed by atoms with Crippen molar-refractivity contribution in [2.75, 3.05) is 19.6 Å². The quantitative estimate of drug-likeness (QED) is 0.392. The molecule has 1 saturated heterocycles. The van der Waals surface area contributed by atoms with E-state index >= 15 is 0 Å². The minimum Gasteiger partial charge on any atom is -0.312 e. The molecule has 0 saturated carbocycles. The number of hydrogen-bond acceptors (Lipinski definition) is 4. The maximum absolute atomic E-state index is 14.5. The van der Waals surface area contributed by atoms with Crippen molar-refractivity contribution < 1.29 is 40.4 Å². The van der Waals surface area contributed by atoms with Crippen molar-refractivity contribution in [1.82, 2.24) is 5.32 Å². The number of carbonyl (C=O) groups is 2. The normalized spacial score (nSPS) is 26.8. The Labute approximate surface area is 225 Å². The summed E-state index contributed by atoms with van der Waals surface area (Å²) in [5.74, 6) is -1.61. The van der Waals surface area contributed by atoms with Crippen LogP contribution in [-0.2, 0) is 28.5 Å². The van der Waals surface area contributed by atoms with Crippen LogP contribution in [0.1, 0.15) is 27.8 Å². The number of fused-ring (bicyclic) bond motifs is 2. The summed E-state index contributed by atoms with van der Waals surface area (Å²) in [7, 11) is 0. The van der Waals surface area contributed by atoms with E-state index in [1.54, 1.807) is 30.3 Å². The van der Waals surface area contributed by atoms with E-state index in [-0.39, 0.29) is 29.4 Å². The number of aryl methyl sites for hydroxylation is 1. The largest absolute Gasteiger partial charge is 0.416 e. The second-order valence-electron chi connectivity index (χ2n) is 10.1. The molecular weight excluding hydrogens is 536 g/mol. The standard InChI is InChI=1S/C29H24F6N3O2/c1-17-2-4-19(5-3-17)24-7-9-37-14-25-26(39)23-6-8-36-13-20(23)16-38(25,27(24)40)15-18-10-21(28(30,31)32)12-22(11-18)29(33,34)35/h2-7,9-12,14,20,36H,8,13,15-16H2,1H3/q+1/b24-7-,25-14-,37-9-. The predicted molar refractivity (Wildman–Crippen MR) is 135 cm³/mol. The summed E-state index contributed by atoms with van der Waals surface area (Å²) in [5, 5.41) is 3.12. The summed E-state index contributed by atoms with van der Waals surface area (Å²) < 4.78 is 81.3.